The molecule has 3 aromatic carbocycles. The van der Waals surface area contributed by atoms with E-state index < -0.39 is 10.0 Å². The summed E-state index contributed by atoms with van der Waals surface area (Å²) in [7, 11) is -3.42. The van der Waals surface area contributed by atoms with Gasteiger partial charge in [-0.15, -0.1) is 0 Å². The van der Waals surface area contributed by atoms with Gasteiger partial charge in [-0.25, -0.2) is 13.4 Å². The van der Waals surface area contributed by atoms with Crippen LogP contribution in [0.5, 0.6) is 0 Å². The Morgan fingerprint density at radius 3 is 2.31 bits per heavy atom. The van der Waals surface area contributed by atoms with Crippen LogP contribution < -0.4 is 4.72 Å². The largest absolute Gasteiger partial charge is 0.339 e. The number of piperidine rings is 2. The van der Waals surface area contributed by atoms with E-state index >= 15 is 0 Å². The Morgan fingerprint density at radius 2 is 1.60 bits per heavy atom. The van der Waals surface area contributed by atoms with E-state index in [-0.39, 0.29) is 11.3 Å². The third kappa shape index (κ3) is 6.00. The lowest BCUT2D eigenvalue weighted by Crippen LogP contribution is -2.49. The van der Waals surface area contributed by atoms with Crippen LogP contribution in [0.15, 0.2) is 78.9 Å². The minimum atomic E-state index is -3.42. The Morgan fingerprint density at radius 1 is 0.911 bits per heavy atom. The number of aryl methyl sites for hydroxylation is 1. The van der Waals surface area contributed by atoms with E-state index in [1.165, 1.54) is 36.8 Å². The van der Waals surface area contributed by atoms with Crippen LogP contribution in [-0.4, -0.2) is 71.6 Å². The van der Waals surface area contributed by atoms with Gasteiger partial charge in [0.15, 0.2) is 0 Å². The number of fused-ring (bicyclic) bond motifs is 3. The highest BCUT2D eigenvalue weighted by Crippen LogP contribution is 2.45. The molecule has 9 heteroatoms. The molecule has 3 aliphatic rings. The van der Waals surface area contributed by atoms with Crippen LogP contribution in [0, 0.1) is 6.92 Å². The van der Waals surface area contributed by atoms with Gasteiger partial charge in [-0.05, 0) is 99.7 Å². The number of imidazole rings is 1. The number of sulfonamides is 1. The molecule has 0 aliphatic carbocycles. The van der Waals surface area contributed by atoms with Crippen molar-refractivity contribution < 1.29 is 13.2 Å². The summed E-state index contributed by atoms with van der Waals surface area (Å²) in [5.41, 5.74) is 4.67. The van der Waals surface area contributed by atoms with Crippen molar-refractivity contribution in [3.8, 4) is 0 Å². The van der Waals surface area contributed by atoms with Crippen LogP contribution in [0.3, 0.4) is 0 Å². The van der Waals surface area contributed by atoms with Gasteiger partial charge >= 0.3 is 0 Å². The zero-order valence-corrected chi connectivity index (χ0v) is 27.0. The molecular formula is C36H43N5O3S. The summed E-state index contributed by atoms with van der Waals surface area (Å²) in [6.07, 6.45) is 8.90. The molecule has 236 valence electrons. The minimum Gasteiger partial charge on any atom is -0.339 e. The molecule has 3 saturated heterocycles. The number of amides is 1. The van der Waals surface area contributed by atoms with E-state index in [1.54, 1.807) is 24.3 Å². The monoisotopic (exact) mass is 625 g/mol. The average molecular weight is 626 g/mol. The normalized spacial score (nSPS) is 23.3. The molecule has 4 heterocycles. The minimum absolute atomic E-state index is 0.0190. The number of hydrogen-bond acceptors (Lipinski definition) is 5. The van der Waals surface area contributed by atoms with E-state index in [1.807, 2.05) is 4.90 Å². The van der Waals surface area contributed by atoms with E-state index in [2.05, 4.69) is 75.7 Å². The molecule has 4 aromatic rings. The van der Waals surface area contributed by atoms with Gasteiger partial charge in [0.2, 0.25) is 10.0 Å². The second kappa shape index (κ2) is 11.9. The maximum Gasteiger partial charge on any atom is 0.253 e. The van der Waals surface area contributed by atoms with Crippen molar-refractivity contribution in [1.29, 1.82) is 0 Å². The molecule has 3 fully saturated rings. The Bertz CT molecular complexity index is 1780. The van der Waals surface area contributed by atoms with Crippen LogP contribution in [0.25, 0.3) is 11.0 Å². The number of aromatic nitrogens is 2. The number of nitrogens with zero attached hydrogens (tertiary/aromatic N) is 4. The quantitative estimate of drug-likeness (QED) is 0.254. The summed E-state index contributed by atoms with van der Waals surface area (Å²) in [5, 5.41) is 0. The number of carbonyl (C=O) groups excluding carboxylic acids is 1. The summed E-state index contributed by atoms with van der Waals surface area (Å²) < 4.78 is 28.4. The summed E-state index contributed by atoms with van der Waals surface area (Å²) in [6.45, 7) is 4.59. The number of rotatable bonds is 8. The molecule has 0 unspecified atom stereocenters. The number of carbonyl (C=O) groups is 1. The summed E-state index contributed by atoms with van der Waals surface area (Å²) in [6, 6.07) is 27.9. The van der Waals surface area contributed by atoms with E-state index in [4.69, 9.17) is 4.98 Å². The molecule has 0 radical (unpaired) electrons. The first-order valence-corrected chi connectivity index (χ1v) is 18.2. The first-order valence-electron chi connectivity index (χ1n) is 16.3. The Balaban J connectivity index is 1.05. The second-order valence-electron chi connectivity index (χ2n) is 13.4. The van der Waals surface area contributed by atoms with Gasteiger partial charge in [-0.1, -0.05) is 48.5 Å². The van der Waals surface area contributed by atoms with Gasteiger partial charge in [-0.3, -0.25) is 14.4 Å². The summed E-state index contributed by atoms with van der Waals surface area (Å²) >= 11 is 0. The fourth-order valence-corrected chi connectivity index (χ4v) is 9.07. The third-order valence-corrected chi connectivity index (χ3v) is 11.3. The maximum absolute atomic E-state index is 13.5. The van der Waals surface area contributed by atoms with Gasteiger partial charge in [0, 0.05) is 42.5 Å². The van der Waals surface area contributed by atoms with E-state index in [0.717, 1.165) is 43.4 Å². The lowest BCUT2D eigenvalue weighted by Gasteiger charge is -2.45. The van der Waals surface area contributed by atoms with Gasteiger partial charge in [-0.2, -0.15) is 0 Å². The van der Waals surface area contributed by atoms with Crippen LogP contribution >= 0.6 is 0 Å². The fourth-order valence-electron chi connectivity index (χ4n) is 8.52. The highest BCUT2D eigenvalue weighted by atomic mass is 32.2. The van der Waals surface area contributed by atoms with Crippen LogP contribution in [-0.2, 0) is 15.4 Å². The highest BCUT2D eigenvalue weighted by molar-refractivity contribution is 7.92. The summed E-state index contributed by atoms with van der Waals surface area (Å²) in [4.78, 5) is 23.2. The first-order chi connectivity index (χ1) is 21.7. The summed E-state index contributed by atoms with van der Waals surface area (Å²) in [5.74, 6) is 1.08. The molecule has 2 bridgehead atoms. The van der Waals surface area contributed by atoms with Gasteiger partial charge in [0.25, 0.3) is 5.91 Å². The Kier molecular flexibility index (Phi) is 7.94. The van der Waals surface area contributed by atoms with Crippen molar-refractivity contribution in [2.45, 2.75) is 75.4 Å². The number of anilines is 1. The molecule has 1 amide bonds. The number of hydrogen-bond donors (Lipinski definition) is 1. The van der Waals surface area contributed by atoms with E-state index in [9.17, 15) is 13.2 Å². The number of likely N-dealkylation sites (tertiary alicyclic amines) is 1. The zero-order chi connectivity index (χ0) is 31.2. The molecule has 3 atom stereocenters. The van der Waals surface area contributed by atoms with Crippen molar-refractivity contribution in [3.05, 3.63) is 95.8 Å². The van der Waals surface area contributed by atoms with E-state index in [0.29, 0.717) is 42.5 Å². The molecule has 3 aliphatic heterocycles. The van der Waals surface area contributed by atoms with Crippen LogP contribution in [0.1, 0.15) is 72.7 Å². The Labute approximate surface area is 266 Å². The molecule has 7 rings (SSSR count). The van der Waals surface area contributed by atoms with Gasteiger partial charge in [0.05, 0.1) is 17.3 Å². The predicted octanol–water partition coefficient (Wildman–Crippen LogP) is 6.15. The van der Waals surface area contributed by atoms with Crippen LogP contribution in [0.4, 0.5) is 5.69 Å². The van der Waals surface area contributed by atoms with Crippen molar-refractivity contribution in [3.63, 3.8) is 0 Å². The smallest absolute Gasteiger partial charge is 0.253 e. The molecule has 0 spiro atoms. The SMILES string of the molecule is Cc1nc2ccccc2n1[C@H]1C[C@H]2CC[C@@H](C1)N2CCC1(c2ccccc2)CCN(C(=O)c2cccc(NS(C)(=O)=O)c2)CC1. The van der Waals surface area contributed by atoms with Gasteiger partial charge < -0.3 is 9.47 Å². The van der Waals surface area contributed by atoms with Crippen LogP contribution in [0.2, 0.25) is 0 Å². The van der Waals surface area contributed by atoms with Crippen molar-refractivity contribution in [1.82, 2.24) is 19.4 Å². The zero-order valence-electron chi connectivity index (χ0n) is 26.2. The molecule has 0 saturated carbocycles. The lowest BCUT2D eigenvalue weighted by molar-refractivity contribution is 0.0607. The molecular weight excluding hydrogens is 582 g/mol. The van der Waals surface area contributed by atoms with Crippen molar-refractivity contribution >= 4 is 32.7 Å². The predicted molar refractivity (Wildman–Crippen MR) is 179 cm³/mol. The van der Waals surface area contributed by atoms with Crippen molar-refractivity contribution in [2.75, 3.05) is 30.6 Å². The number of benzene rings is 3. The second-order valence-corrected chi connectivity index (χ2v) is 15.2. The molecule has 45 heavy (non-hydrogen) atoms. The van der Waals surface area contributed by atoms with Crippen molar-refractivity contribution in [2.24, 2.45) is 0 Å². The average Bonchev–Trinajstić information content (AvgIpc) is 3.49. The molecule has 1 N–H and O–H groups in total. The maximum atomic E-state index is 13.5. The fraction of sp³-hybridized carbons (Fsp3) is 0.444. The lowest BCUT2D eigenvalue weighted by atomic mass is 9.70. The molecule has 1 aromatic heterocycles. The third-order valence-electron chi connectivity index (χ3n) is 10.7. The number of nitrogens with one attached hydrogen (secondary N) is 1. The van der Waals surface area contributed by atoms with Gasteiger partial charge in [0.1, 0.15) is 5.82 Å². The molecule has 8 nitrogen and oxygen atoms in total. The highest BCUT2D eigenvalue weighted by Gasteiger charge is 2.44. The number of para-hydroxylation sites is 2. The topological polar surface area (TPSA) is 87.5 Å². The Hall–Kier alpha value is -3.69. The first kappa shape index (κ1) is 30.0. The standard InChI is InChI=1S/C36H43N5O3S/c1-26-37-33-13-6-7-14-34(33)41(26)32-24-30-15-16-31(25-32)40(30)22-19-36(28-10-4-3-5-11-28)17-20-39(21-18-36)35(42)27-9-8-12-29(23-27)38-45(2,43)44/h3-14,23,30-32,38H,15-22,24-25H2,1-2H3/t30-,31+,32+.